The normalized spacial score (nSPS) is 10.2. The maximum Gasteiger partial charge on any atom is 0.251 e. The lowest BCUT2D eigenvalue weighted by molar-refractivity contribution is 0.0954. The molecule has 1 amide bonds. The number of carbonyl (C=O) groups excluding carboxylic acids is 1. The SMILES string of the molecule is Nc1cc(N)cc(C(=O)NCCc2ccc(Cl)cc2)c1. The summed E-state index contributed by atoms with van der Waals surface area (Å²) in [4.78, 5) is 12.0. The zero-order valence-corrected chi connectivity index (χ0v) is 11.7. The van der Waals surface area contributed by atoms with E-state index < -0.39 is 0 Å². The third kappa shape index (κ3) is 3.90. The molecule has 2 rings (SSSR count). The van der Waals surface area contributed by atoms with Crippen LogP contribution in [0.25, 0.3) is 0 Å². The largest absolute Gasteiger partial charge is 0.399 e. The Morgan fingerprint density at radius 3 is 2.25 bits per heavy atom. The molecule has 0 aliphatic heterocycles. The number of rotatable bonds is 4. The fourth-order valence-electron chi connectivity index (χ4n) is 1.88. The molecule has 2 aromatic rings. The van der Waals surface area contributed by atoms with Gasteiger partial charge in [0.2, 0.25) is 0 Å². The highest BCUT2D eigenvalue weighted by Gasteiger charge is 2.06. The highest BCUT2D eigenvalue weighted by atomic mass is 35.5. The fourth-order valence-corrected chi connectivity index (χ4v) is 2.01. The fraction of sp³-hybridized carbons (Fsp3) is 0.133. The first-order chi connectivity index (χ1) is 9.54. The van der Waals surface area contributed by atoms with Gasteiger partial charge in [-0.3, -0.25) is 4.79 Å². The van der Waals surface area contributed by atoms with Crippen molar-refractivity contribution in [3.8, 4) is 0 Å². The van der Waals surface area contributed by atoms with Crippen LogP contribution in [0, 0.1) is 0 Å². The van der Waals surface area contributed by atoms with Gasteiger partial charge in [0.25, 0.3) is 5.91 Å². The maximum atomic E-state index is 12.0. The van der Waals surface area contributed by atoms with E-state index in [0.717, 1.165) is 12.0 Å². The Bertz CT molecular complexity index is 591. The maximum absolute atomic E-state index is 12.0. The number of nitrogens with one attached hydrogen (secondary N) is 1. The minimum atomic E-state index is -0.182. The number of hydrogen-bond acceptors (Lipinski definition) is 3. The lowest BCUT2D eigenvalue weighted by atomic mass is 10.1. The van der Waals surface area contributed by atoms with Crippen LogP contribution in [-0.4, -0.2) is 12.5 Å². The molecule has 20 heavy (non-hydrogen) atoms. The molecule has 0 fully saturated rings. The van der Waals surface area contributed by atoms with Gasteiger partial charge >= 0.3 is 0 Å². The van der Waals surface area contributed by atoms with Gasteiger partial charge in [-0.25, -0.2) is 0 Å². The molecule has 5 heteroatoms. The van der Waals surface area contributed by atoms with Crippen molar-refractivity contribution < 1.29 is 4.79 Å². The Labute approximate surface area is 122 Å². The molecule has 0 aliphatic rings. The van der Waals surface area contributed by atoms with E-state index in [2.05, 4.69) is 5.32 Å². The predicted octanol–water partition coefficient (Wildman–Crippen LogP) is 2.48. The number of halogens is 1. The van der Waals surface area contributed by atoms with Gasteiger partial charge in [-0.05, 0) is 42.3 Å². The molecule has 0 radical (unpaired) electrons. The average Bonchev–Trinajstić information content (AvgIpc) is 2.40. The van der Waals surface area contributed by atoms with Crippen LogP contribution >= 0.6 is 11.6 Å². The Hall–Kier alpha value is -2.20. The summed E-state index contributed by atoms with van der Waals surface area (Å²) in [6.07, 6.45) is 0.737. The van der Waals surface area contributed by atoms with E-state index in [1.807, 2.05) is 24.3 Å². The molecule has 0 atom stereocenters. The van der Waals surface area contributed by atoms with Crippen molar-refractivity contribution in [1.82, 2.24) is 5.32 Å². The molecular weight excluding hydrogens is 274 g/mol. The topological polar surface area (TPSA) is 81.1 Å². The molecule has 0 unspecified atom stereocenters. The summed E-state index contributed by atoms with van der Waals surface area (Å²) in [5.74, 6) is -0.182. The number of nitrogen functional groups attached to an aromatic ring is 2. The van der Waals surface area contributed by atoms with Crippen LogP contribution in [0.15, 0.2) is 42.5 Å². The van der Waals surface area contributed by atoms with Gasteiger partial charge in [0.15, 0.2) is 0 Å². The van der Waals surface area contributed by atoms with Crippen LogP contribution in [-0.2, 0) is 6.42 Å². The van der Waals surface area contributed by atoms with Crippen molar-refractivity contribution in [1.29, 1.82) is 0 Å². The molecule has 0 heterocycles. The summed E-state index contributed by atoms with van der Waals surface area (Å²) in [6, 6.07) is 12.4. The smallest absolute Gasteiger partial charge is 0.251 e. The van der Waals surface area contributed by atoms with Crippen LogP contribution in [0.1, 0.15) is 15.9 Å². The highest BCUT2D eigenvalue weighted by molar-refractivity contribution is 6.30. The summed E-state index contributed by atoms with van der Waals surface area (Å²) < 4.78 is 0. The summed E-state index contributed by atoms with van der Waals surface area (Å²) >= 11 is 5.81. The van der Waals surface area contributed by atoms with Gasteiger partial charge in [0, 0.05) is 28.5 Å². The van der Waals surface area contributed by atoms with Crippen molar-refractivity contribution >= 4 is 28.9 Å². The van der Waals surface area contributed by atoms with Crippen LogP contribution in [0.3, 0.4) is 0 Å². The van der Waals surface area contributed by atoms with Gasteiger partial charge in [-0.1, -0.05) is 23.7 Å². The van der Waals surface area contributed by atoms with Crippen molar-refractivity contribution in [2.24, 2.45) is 0 Å². The molecule has 5 N–H and O–H groups in total. The van der Waals surface area contributed by atoms with Gasteiger partial charge in [0.1, 0.15) is 0 Å². The molecule has 0 bridgehead atoms. The van der Waals surface area contributed by atoms with Gasteiger partial charge in [-0.15, -0.1) is 0 Å². The second-order valence-corrected chi connectivity index (χ2v) is 4.96. The van der Waals surface area contributed by atoms with E-state index in [9.17, 15) is 4.79 Å². The van der Waals surface area contributed by atoms with Crippen LogP contribution in [0.5, 0.6) is 0 Å². The lowest BCUT2D eigenvalue weighted by Gasteiger charge is -2.07. The third-order valence-electron chi connectivity index (χ3n) is 2.85. The second-order valence-electron chi connectivity index (χ2n) is 4.52. The van der Waals surface area contributed by atoms with Crippen LogP contribution < -0.4 is 16.8 Å². The summed E-state index contributed by atoms with van der Waals surface area (Å²) in [6.45, 7) is 0.537. The van der Waals surface area contributed by atoms with Crippen LogP contribution in [0.2, 0.25) is 5.02 Å². The second kappa shape index (κ2) is 6.30. The van der Waals surface area contributed by atoms with Crippen molar-refractivity contribution in [2.45, 2.75) is 6.42 Å². The number of hydrogen-bond donors (Lipinski definition) is 3. The first-order valence-corrected chi connectivity index (χ1v) is 6.61. The summed E-state index contributed by atoms with van der Waals surface area (Å²) in [5, 5.41) is 3.54. The standard InChI is InChI=1S/C15H16ClN3O/c16-12-3-1-10(2-4-12)5-6-19-15(20)11-7-13(17)9-14(18)8-11/h1-4,7-9H,5-6,17-18H2,(H,19,20). The number of benzene rings is 2. The first-order valence-electron chi connectivity index (χ1n) is 6.23. The number of carbonyl (C=O) groups is 1. The van der Waals surface area contributed by atoms with Crippen LogP contribution in [0.4, 0.5) is 11.4 Å². The van der Waals surface area contributed by atoms with E-state index in [1.165, 1.54) is 0 Å². The lowest BCUT2D eigenvalue weighted by Crippen LogP contribution is -2.25. The minimum Gasteiger partial charge on any atom is -0.399 e. The van der Waals surface area contributed by atoms with E-state index in [0.29, 0.717) is 28.5 Å². The zero-order chi connectivity index (χ0) is 14.5. The molecule has 4 nitrogen and oxygen atoms in total. The molecule has 104 valence electrons. The summed E-state index contributed by atoms with van der Waals surface area (Å²) in [7, 11) is 0. The zero-order valence-electron chi connectivity index (χ0n) is 10.9. The highest BCUT2D eigenvalue weighted by Crippen LogP contribution is 2.13. The first kappa shape index (κ1) is 14.2. The van der Waals surface area contributed by atoms with E-state index >= 15 is 0 Å². The number of anilines is 2. The van der Waals surface area contributed by atoms with Crippen molar-refractivity contribution in [3.05, 3.63) is 58.6 Å². The molecule has 0 saturated carbocycles. The Kier molecular flexibility index (Phi) is 4.48. The number of nitrogens with two attached hydrogens (primary N) is 2. The van der Waals surface area contributed by atoms with Gasteiger partial charge in [0.05, 0.1) is 0 Å². The van der Waals surface area contributed by atoms with E-state index in [4.69, 9.17) is 23.1 Å². The quantitative estimate of drug-likeness (QED) is 0.756. The van der Waals surface area contributed by atoms with Gasteiger partial charge < -0.3 is 16.8 Å². The predicted molar refractivity (Wildman–Crippen MR) is 82.8 cm³/mol. The Morgan fingerprint density at radius 2 is 1.65 bits per heavy atom. The van der Waals surface area contributed by atoms with Crippen molar-refractivity contribution in [3.63, 3.8) is 0 Å². The average molecular weight is 290 g/mol. The third-order valence-corrected chi connectivity index (χ3v) is 3.10. The molecule has 0 aromatic heterocycles. The molecule has 0 aliphatic carbocycles. The monoisotopic (exact) mass is 289 g/mol. The minimum absolute atomic E-state index is 0.182. The molecule has 0 spiro atoms. The van der Waals surface area contributed by atoms with E-state index in [-0.39, 0.29) is 5.91 Å². The molecular formula is C15H16ClN3O. The molecule has 2 aromatic carbocycles. The van der Waals surface area contributed by atoms with Crippen molar-refractivity contribution in [2.75, 3.05) is 18.0 Å². The van der Waals surface area contributed by atoms with Gasteiger partial charge in [-0.2, -0.15) is 0 Å². The van der Waals surface area contributed by atoms with E-state index in [1.54, 1.807) is 18.2 Å². The summed E-state index contributed by atoms with van der Waals surface area (Å²) in [5.41, 5.74) is 13.9. The number of amides is 1. The Balaban J connectivity index is 1.90. The molecule has 0 saturated heterocycles. The Morgan fingerprint density at radius 1 is 1.05 bits per heavy atom.